The van der Waals surface area contributed by atoms with Crippen molar-refractivity contribution in [2.75, 3.05) is 13.1 Å². The van der Waals surface area contributed by atoms with Crippen LogP contribution in [0.15, 0.2) is 48.5 Å². The quantitative estimate of drug-likeness (QED) is 0.821. The van der Waals surface area contributed by atoms with Crippen molar-refractivity contribution < 1.29 is 0 Å². The standard InChI is InChI=1S/C17H18IN/c1-13-3-2-4-15(9-13)17(11-19-12-17)10-14-5-7-16(18)8-6-14/h2-9,19H,10-12H2,1H3. The van der Waals surface area contributed by atoms with Crippen molar-refractivity contribution in [3.63, 3.8) is 0 Å². The Labute approximate surface area is 128 Å². The molecule has 0 saturated carbocycles. The van der Waals surface area contributed by atoms with Crippen molar-refractivity contribution in [2.45, 2.75) is 18.8 Å². The molecule has 1 nitrogen and oxygen atoms in total. The van der Waals surface area contributed by atoms with E-state index in [0.29, 0.717) is 5.41 Å². The fourth-order valence-corrected chi connectivity index (χ4v) is 3.19. The molecule has 0 aromatic heterocycles. The van der Waals surface area contributed by atoms with Gasteiger partial charge in [0.05, 0.1) is 0 Å². The van der Waals surface area contributed by atoms with E-state index in [1.807, 2.05) is 0 Å². The zero-order chi connectivity index (χ0) is 13.3. The first-order chi connectivity index (χ1) is 9.18. The van der Waals surface area contributed by atoms with E-state index in [2.05, 4.69) is 83.4 Å². The molecule has 2 aromatic rings. The van der Waals surface area contributed by atoms with Gasteiger partial charge in [0.15, 0.2) is 0 Å². The highest BCUT2D eigenvalue weighted by atomic mass is 127. The molecule has 2 heteroatoms. The minimum Gasteiger partial charge on any atom is -0.315 e. The molecule has 1 N–H and O–H groups in total. The average Bonchev–Trinajstić information content (AvgIpc) is 2.36. The molecule has 0 amide bonds. The van der Waals surface area contributed by atoms with Crippen LogP contribution in [-0.4, -0.2) is 13.1 Å². The summed E-state index contributed by atoms with van der Waals surface area (Å²) in [4.78, 5) is 0. The van der Waals surface area contributed by atoms with E-state index in [1.165, 1.54) is 20.3 Å². The van der Waals surface area contributed by atoms with Crippen molar-refractivity contribution in [2.24, 2.45) is 0 Å². The van der Waals surface area contributed by atoms with E-state index >= 15 is 0 Å². The van der Waals surface area contributed by atoms with Crippen LogP contribution in [0.2, 0.25) is 0 Å². The van der Waals surface area contributed by atoms with Crippen molar-refractivity contribution in [1.29, 1.82) is 0 Å². The SMILES string of the molecule is Cc1cccc(C2(Cc3ccc(I)cc3)CNC2)c1. The Morgan fingerprint density at radius 1 is 1.11 bits per heavy atom. The van der Waals surface area contributed by atoms with Crippen molar-refractivity contribution in [1.82, 2.24) is 5.32 Å². The molecular formula is C17H18IN. The van der Waals surface area contributed by atoms with Crippen LogP contribution in [-0.2, 0) is 11.8 Å². The second kappa shape index (κ2) is 5.25. The lowest BCUT2D eigenvalue weighted by molar-refractivity contribution is 0.274. The number of hydrogen-bond acceptors (Lipinski definition) is 1. The monoisotopic (exact) mass is 363 g/mol. The number of nitrogens with one attached hydrogen (secondary N) is 1. The number of aryl methyl sites for hydroxylation is 1. The summed E-state index contributed by atoms with van der Waals surface area (Å²) in [7, 11) is 0. The molecule has 0 atom stereocenters. The van der Waals surface area contributed by atoms with Crippen LogP contribution < -0.4 is 5.32 Å². The first-order valence-corrected chi connectivity index (χ1v) is 7.78. The van der Waals surface area contributed by atoms with Gasteiger partial charge in [-0.15, -0.1) is 0 Å². The number of halogens is 1. The highest BCUT2D eigenvalue weighted by Gasteiger charge is 2.38. The van der Waals surface area contributed by atoms with Gasteiger partial charge in [-0.25, -0.2) is 0 Å². The van der Waals surface area contributed by atoms with Crippen LogP contribution in [0.25, 0.3) is 0 Å². The number of rotatable bonds is 3. The van der Waals surface area contributed by atoms with Crippen LogP contribution in [0, 0.1) is 10.5 Å². The summed E-state index contributed by atoms with van der Waals surface area (Å²) in [5.74, 6) is 0. The maximum absolute atomic E-state index is 3.45. The van der Waals surface area contributed by atoms with Gasteiger partial charge in [0.2, 0.25) is 0 Å². The van der Waals surface area contributed by atoms with Gasteiger partial charge in [-0.3, -0.25) is 0 Å². The first kappa shape index (κ1) is 13.1. The fraction of sp³-hybridized carbons (Fsp3) is 0.294. The molecule has 1 fully saturated rings. The summed E-state index contributed by atoms with van der Waals surface area (Å²) in [5.41, 5.74) is 4.55. The van der Waals surface area contributed by atoms with Crippen LogP contribution in [0.3, 0.4) is 0 Å². The van der Waals surface area contributed by atoms with Gasteiger partial charge in [0.25, 0.3) is 0 Å². The van der Waals surface area contributed by atoms with E-state index in [-0.39, 0.29) is 0 Å². The van der Waals surface area contributed by atoms with E-state index in [9.17, 15) is 0 Å². The van der Waals surface area contributed by atoms with E-state index in [0.717, 1.165) is 19.5 Å². The van der Waals surface area contributed by atoms with Gasteiger partial charge in [0.1, 0.15) is 0 Å². The lowest BCUT2D eigenvalue weighted by Crippen LogP contribution is -2.58. The highest BCUT2D eigenvalue weighted by Crippen LogP contribution is 2.33. The van der Waals surface area contributed by atoms with Gasteiger partial charge < -0.3 is 5.32 Å². The van der Waals surface area contributed by atoms with Crippen LogP contribution in [0.4, 0.5) is 0 Å². The maximum atomic E-state index is 3.45. The van der Waals surface area contributed by atoms with Crippen LogP contribution >= 0.6 is 22.6 Å². The molecule has 0 bridgehead atoms. The molecule has 2 aromatic carbocycles. The van der Waals surface area contributed by atoms with Crippen LogP contribution in [0.5, 0.6) is 0 Å². The summed E-state index contributed by atoms with van der Waals surface area (Å²) < 4.78 is 1.30. The summed E-state index contributed by atoms with van der Waals surface area (Å²) >= 11 is 2.36. The average molecular weight is 363 g/mol. The predicted octanol–water partition coefficient (Wildman–Crippen LogP) is 3.68. The summed E-state index contributed by atoms with van der Waals surface area (Å²) in [6, 6.07) is 17.9. The zero-order valence-electron chi connectivity index (χ0n) is 11.1. The van der Waals surface area contributed by atoms with Gasteiger partial charge in [-0.1, -0.05) is 42.0 Å². The summed E-state index contributed by atoms with van der Waals surface area (Å²) in [5, 5.41) is 3.45. The van der Waals surface area contributed by atoms with Gasteiger partial charge in [-0.05, 0) is 59.2 Å². The first-order valence-electron chi connectivity index (χ1n) is 6.70. The predicted molar refractivity (Wildman–Crippen MR) is 88.6 cm³/mol. The molecule has 3 rings (SSSR count). The van der Waals surface area contributed by atoms with E-state index in [4.69, 9.17) is 0 Å². The lowest BCUT2D eigenvalue weighted by Gasteiger charge is -2.43. The summed E-state index contributed by atoms with van der Waals surface area (Å²) in [6.07, 6.45) is 1.13. The molecule has 0 unspecified atom stereocenters. The normalized spacial score (nSPS) is 16.9. The molecule has 0 spiro atoms. The largest absolute Gasteiger partial charge is 0.315 e. The molecular weight excluding hydrogens is 345 g/mol. The van der Waals surface area contributed by atoms with Crippen LogP contribution in [0.1, 0.15) is 16.7 Å². The molecule has 1 aliphatic heterocycles. The fourth-order valence-electron chi connectivity index (χ4n) is 2.83. The maximum Gasteiger partial charge on any atom is 0.0243 e. The van der Waals surface area contributed by atoms with Gasteiger partial charge >= 0.3 is 0 Å². The Morgan fingerprint density at radius 3 is 2.42 bits per heavy atom. The third-order valence-electron chi connectivity index (χ3n) is 4.01. The number of benzene rings is 2. The third-order valence-corrected chi connectivity index (χ3v) is 4.73. The molecule has 0 radical (unpaired) electrons. The number of hydrogen-bond donors (Lipinski definition) is 1. The molecule has 19 heavy (non-hydrogen) atoms. The molecule has 1 heterocycles. The van der Waals surface area contributed by atoms with Gasteiger partial charge in [0, 0.05) is 22.1 Å². The third kappa shape index (κ3) is 2.70. The van der Waals surface area contributed by atoms with E-state index < -0.39 is 0 Å². The van der Waals surface area contributed by atoms with Crippen molar-refractivity contribution in [3.8, 4) is 0 Å². The Balaban J connectivity index is 1.89. The van der Waals surface area contributed by atoms with Crippen molar-refractivity contribution >= 4 is 22.6 Å². The lowest BCUT2D eigenvalue weighted by atomic mass is 9.71. The molecule has 1 aliphatic rings. The second-order valence-corrected chi connectivity index (χ2v) is 6.80. The Morgan fingerprint density at radius 2 is 1.84 bits per heavy atom. The Kier molecular flexibility index (Phi) is 3.63. The van der Waals surface area contributed by atoms with Crippen molar-refractivity contribution in [3.05, 3.63) is 68.8 Å². The van der Waals surface area contributed by atoms with Gasteiger partial charge in [-0.2, -0.15) is 0 Å². The minimum absolute atomic E-state index is 0.290. The Hall–Kier alpha value is -0.870. The molecule has 98 valence electrons. The minimum atomic E-state index is 0.290. The Bertz CT molecular complexity index is 570. The second-order valence-electron chi connectivity index (χ2n) is 5.56. The smallest absolute Gasteiger partial charge is 0.0243 e. The topological polar surface area (TPSA) is 12.0 Å². The summed E-state index contributed by atoms with van der Waals surface area (Å²) in [6.45, 7) is 4.35. The molecule has 1 saturated heterocycles. The molecule has 0 aliphatic carbocycles. The van der Waals surface area contributed by atoms with E-state index in [1.54, 1.807) is 0 Å². The highest BCUT2D eigenvalue weighted by molar-refractivity contribution is 14.1. The zero-order valence-corrected chi connectivity index (χ0v) is 13.3.